The quantitative estimate of drug-likeness (QED) is 0.262. The van der Waals surface area contributed by atoms with E-state index in [0.717, 1.165) is 11.1 Å². The number of thioether (sulfide) groups is 1. The van der Waals surface area contributed by atoms with Gasteiger partial charge in [0.1, 0.15) is 5.82 Å². The van der Waals surface area contributed by atoms with Crippen LogP contribution in [0.1, 0.15) is 5.56 Å². The molecule has 0 radical (unpaired) electrons. The molecule has 0 amide bonds. The maximum Gasteiger partial charge on any atom is 0.269 e. The number of aromatic nitrogens is 4. The number of rotatable bonds is 6. The number of hydrogen-bond acceptors (Lipinski definition) is 6. The van der Waals surface area contributed by atoms with Crippen LogP contribution in [0.15, 0.2) is 78.2 Å². The van der Waals surface area contributed by atoms with E-state index >= 15 is 0 Å². The molecule has 0 spiro atoms. The highest BCUT2D eigenvalue weighted by Gasteiger charge is 2.17. The average Bonchev–Trinajstić information content (AvgIpc) is 3.17. The molecule has 0 fully saturated rings. The fourth-order valence-corrected chi connectivity index (χ4v) is 3.68. The Morgan fingerprint density at radius 1 is 1.03 bits per heavy atom. The molecule has 0 bridgehead atoms. The number of pyridine rings is 1. The van der Waals surface area contributed by atoms with E-state index in [-0.39, 0.29) is 11.5 Å². The first-order valence-electron chi connectivity index (χ1n) is 8.60. The Morgan fingerprint density at radius 3 is 2.52 bits per heavy atom. The lowest BCUT2D eigenvalue weighted by Crippen LogP contribution is -2.00. The second-order valence-electron chi connectivity index (χ2n) is 6.07. The highest BCUT2D eigenvalue weighted by atomic mass is 32.2. The minimum Gasteiger partial charge on any atom is -0.270 e. The standard InChI is InChI=1S/C20H14FN5O2S/c21-16-4-6-17(7-5-16)25-19(15-8-10-22-11-9-15)23-24-20(25)29-13-14-2-1-3-18(12-14)26(27)28/h1-12H,13H2. The molecule has 0 saturated heterocycles. The van der Waals surface area contributed by atoms with Gasteiger partial charge in [-0.1, -0.05) is 23.9 Å². The number of non-ortho nitro benzene ring substituents is 1. The molecule has 2 aromatic carbocycles. The highest BCUT2D eigenvalue weighted by Crippen LogP contribution is 2.30. The molecule has 0 aliphatic carbocycles. The van der Waals surface area contributed by atoms with Crippen molar-refractivity contribution in [3.63, 3.8) is 0 Å². The van der Waals surface area contributed by atoms with Crippen molar-refractivity contribution < 1.29 is 9.31 Å². The number of nitro benzene ring substituents is 1. The SMILES string of the molecule is O=[N+]([O-])c1cccc(CSc2nnc(-c3ccncc3)n2-c2ccc(F)cc2)c1. The normalized spacial score (nSPS) is 10.8. The highest BCUT2D eigenvalue weighted by molar-refractivity contribution is 7.98. The third-order valence-corrected chi connectivity index (χ3v) is 5.15. The summed E-state index contributed by atoms with van der Waals surface area (Å²) in [5.41, 5.74) is 2.37. The van der Waals surface area contributed by atoms with Gasteiger partial charge in [-0.05, 0) is 42.0 Å². The lowest BCUT2D eigenvalue weighted by molar-refractivity contribution is -0.384. The third kappa shape index (κ3) is 4.14. The summed E-state index contributed by atoms with van der Waals surface area (Å²) in [6, 6.07) is 16.2. The van der Waals surface area contributed by atoms with Gasteiger partial charge in [0.25, 0.3) is 5.69 Å². The van der Waals surface area contributed by atoms with Crippen molar-refractivity contribution >= 4 is 17.4 Å². The molecule has 2 heterocycles. The van der Waals surface area contributed by atoms with Crippen LogP contribution in [-0.2, 0) is 5.75 Å². The molecule has 144 valence electrons. The van der Waals surface area contributed by atoms with Gasteiger partial charge < -0.3 is 0 Å². The van der Waals surface area contributed by atoms with Crippen molar-refractivity contribution in [2.75, 3.05) is 0 Å². The van der Waals surface area contributed by atoms with E-state index in [1.165, 1.54) is 36.0 Å². The van der Waals surface area contributed by atoms with Crippen molar-refractivity contribution in [2.24, 2.45) is 0 Å². The summed E-state index contributed by atoms with van der Waals surface area (Å²) in [5.74, 6) is 0.732. The first kappa shape index (κ1) is 18.8. The van der Waals surface area contributed by atoms with E-state index in [2.05, 4.69) is 15.2 Å². The second-order valence-corrected chi connectivity index (χ2v) is 7.01. The fraction of sp³-hybridized carbons (Fsp3) is 0.0500. The van der Waals surface area contributed by atoms with Gasteiger partial charge in [-0.15, -0.1) is 10.2 Å². The van der Waals surface area contributed by atoms with Gasteiger partial charge in [-0.2, -0.15) is 0 Å². The molecule has 0 aliphatic rings. The molecule has 0 saturated carbocycles. The topological polar surface area (TPSA) is 86.7 Å². The maximum absolute atomic E-state index is 13.4. The fourth-order valence-electron chi connectivity index (χ4n) is 2.78. The molecule has 2 aromatic heterocycles. The van der Waals surface area contributed by atoms with E-state index in [0.29, 0.717) is 22.4 Å². The molecule has 0 unspecified atom stereocenters. The monoisotopic (exact) mass is 407 g/mol. The first-order valence-corrected chi connectivity index (χ1v) is 9.58. The Morgan fingerprint density at radius 2 is 1.79 bits per heavy atom. The number of halogens is 1. The largest absolute Gasteiger partial charge is 0.270 e. The van der Waals surface area contributed by atoms with Crippen molar-refractivity contribution in [2.45, 2.75) is 10.9 Å². The molecule has 29 heavy (non-hydrogen) atoms. The lowest BCUT2D eigenvalue weighted by atomic mass is 10.2. The van der Waals surface area contributed by atoms with Gasteiger partial charge in [0, 0.05) is 41.5 Å². The minimum atomic E-state index is -0.420. The number of nitro groups is 1. The van der Waals surface area contributed by atoms with Crippen LogP contribution < -0.4 is 0 Å². The zero-order valence-corrected chi connectivity index (χ0v) is 15.8. The van der Waals surface area contributed by atoms with Crippen LogP contribution >= 0.6 is 11.8 Å². The van der Waals surface area contributed by atoms with Gasteiger partial charge in [-0.3, -0.25) is 19.7 Å². The Balaban J connectivity index is 1.70. The zero-order chi connectivity index (χ0) is 20.2. The summed E-state index contributed by atoms with van der Waals surface area (Å²) in [4.78, 5) is 14.6. The van der Waals surface area contributed by atoms with E-state index in [1.807, 2.05) is 22.8 Å². The van der Waals surface area contributed by atoms with Crippen molar-refractivity contribution in [3.05, 3.63) is 94.6 Å². The van der Waals surface area contributed by atoms with Gasteiger partial charge in [-0.25, -0.2) is 4.39 Å². The van der Waals surface area contributed by atoms with E-state index in [4.69, 9.17) is 0 Å². The van der Waals surface area contributed by atoms with Gasteiger partial charge in [0.05, 0.1) is 4.92 Å². The molecule has 7 nitrogen and oxygen atoms in total. The van der Waals surface area contributed by atoms with Crippen LogP contribution in [0.3, 0.4) is 0 Å². The molecule has 0 atom stereocenters. The minimum absolute atomic E-state index is 0.0422. The zero-order valence-electron chi connectivity index (χ0n) is 15.0. The summed E-state index contributed by atoms with van der Waals surface area (Å²) in [6.45, 7) is 0. The maximum atomic E-state index is 13.4. The predicted octanol–water partition coefficient (Wildman–Crippen LogP) is 4.67. The van der Waals surface area contributed by atoms with Crippen LogP contribution in [0.5, 0.6) is 0 Å². The summed E-state index contributed by atoms with van der Waals surface area (Å²) >= 11 is 1.39. The lowest BCUT2D eigenvalue weighted by Gasteiger charge is -2.10. The van der Waals surface area contributed by atoms with E-state index in [1.54, 1.807) is 30.6 Å². The van der Waals surface area contributed by atoms with Crippen molar-refractivity contribution in [1.82, 2.24) is 19.7 Å². The number of nitrogens with zero attached hydrogens (tertiary/aromatic N) is 5. The average molecular weight is 407 g/mol. The van der Waals surface area contributed by atoms with Gasteiger partial charge in [0.15, 0.2) is 11.0 Å². The van der Waals surface area contributed by atoms with E-state index < -0.39 is 4.92 Å². The first-order chi connectivity index (χ1) is 14.1. The van der Waals surface area contributed by atoms with Crippen LogP contribution in [0.2, 0.25) is 0 Å². The Hall–Kier alpha value is -3.59. The summed E-state index contributed by atoms with van der Waals surface area (Å²) in [6.07, 6.45) is 3.32. The molecule has 9 heteroatoms. The Labute approximate surface area is 169 Å². The summed E-state index contributed by atoms with van der Waals surface area (Å²) < 4.78 is 15.2. The van der Waals surface area contributed by atoms with Crippen LogP contribution in [0.4, 0.5) is 10.1 Å². The number of benzene rings is 2. The van der Waals surface area contributed by atoms with Crippen molar-refractivity contribution in [1.29, 1.82) is 0 Å². The molecule has 0 N–H and O–H groups in total. The smallest absolute Gasteiger partial charge is 0.269 e. The van der Waals surface area contributed by atoms with E-state index in [9.17, 15) is 14.5 Å². The summed E-state index contributed by atoms with van der Waals surface area (Å²) in [5, 5.41) is 20.2. The van der Waals surface area contributed by atoms with Crippen molar-refractivity contribution in [3.8, 4) is 17.1 Å². The summed E-state index contributed by atoms with van der Waals surface area (Å²) in [7, 11) is 0. The molecular weight excluding hydrogens is 393 g/mol. The molecule has 0 aliphatic heterocycles. The van der Waals surface area contributed by atoms with Gasteiger partial charge in [0.2, 0.25) is 0 Å². The Bertz CT molecular complexity index is 1150. The van der Waals surface area contributed by atoms with Crippen LogP contribution in [-0.4, -0.2) is 24.7 Å². The number of hydrogen-bond donors (Lipinski definition) is 0. The van der Waals surface area contributed by atoms with Gasteiger partial charge >= 0.3 is 0 Å². The molecule has 4 rings (SSSR count). The molecular formula is C20H14FN5O2S. The second kappa shape index (κ2) is 8.19. The third-order valence-electron chi connectivity index (χ3n) is 4.15. The predicted molar refractivity (Wildman–Crippen MR) is 107 cm³/mol. The molecule has 4 aromatic rings. The Kier molecular flexibility index (Phi) is 5.30. The van der Waals surface area contributed by atoms with Crippen LogP contribution in [0.25, 0.3) is 17.1 Å². The van der Waals surface area contributed by atoms with Crippen LogP contribution in [0, 0.1) is 15.9 Å².